The van der Waals surface area contributed by atoms with E-state index in [0.717, 1.165) is 0 Å². The number of nitrogens with zero attached hydrogens (tertiary/aromatic N) is 4. The summed E-state index contributed by atoms with van der Waals surface area (Å²) in [6.07, 6.45) is 3.33. The van der Waals surface area contributed by atoms with E-state index in [2.05, 4.69) is 25.1 Å². The van der Waals surface area contributed by atoms with Crippen molar-refractivity contribution in [1.29, 1.82) is 0 Å². The number of amides is 1. The lowest BCUT2D eigenvalue weighted by Crippen LogP contribution is -2.14. The molecule has 0 aromatic carbocycles. The Kier molecular flexibility index (Phi) is 4.77. The molecule has 0 fully saturated rings. The Morgan fingerprint density at radius 3 is 3.05 bits per heavy atom. The van der Waals surface area contributed by atoms with Gasteiger partial charge in [0, 0.05) is 11.8 Å². The van der Waals surface area contributed by atoms with Crippen LogP contribution >= 0.6 is 11.3 Å². The van der Waals surface area contributed by atoms with Crippen LogP contribution in [0.3, 0.4) is 0 Å². The van der Waals surface area contributed by atoms with Crippen LogP contribution in [0.4, 0.5) is 5.13 Å². The second kappa shape index (κ2) is 6.75. The van der Waals surface area contributed by atoms with Gasteiger partial charge in [0.2, 0.25) is 5.91 Å². The maximum atomic E-state index is 11.7. The zero-order valence-electron chi connectivity index (χ0n) is 10.8. The minimum atomic E-state index is -0.362. The highest BCUT2D eigenvalue weighted by atomic mass is 32.1. The van der Waals surface area contributed by atoms with Crippen LogP contribution in [0.2, 0.25) is 0 Å². The van der Waals surface area contributed by atoms with Gasteiger partial charge in [-0.25, -0.2) is 9.97 Å². The van der Waals surface area contributed by atoms with E-state index in [9.17, 15) is 9.59 Å². The van der Waals surface area contributed by atoms with Crippen molar-refractivity contribution in [2.24, 2.45) is 0 Å². The quantitative estimate of drug-likeness (QED) is 0.778. The topological polar surface area (TPSA) is 99.0 Å². The zero-order chi connectivity index (χ0) is 14.4. The number of carbonyl (C=O) groups excluding carboxylic acids is 2. The molecule has 0 saturated heterocycles. The summed E-state index contributed by atoms with van der Waals surface area (Å²) in [5.74, 6) is -0.529. The number of methoxy groups -OCH3 is 1. The average molecular weight is 295 g/mol. The molecule has 8 nitrogen and oxygen atoms in total. The average Bonchev–Trinajstić information content (AvgIpc) is 3.08. The summed E-state index contributed by atoms with van der Waals surface area (Å²) in [5.41, 5.74) is 0.577. The monoisotopic (exact) mass is 295 g/mol. The second-order valence-electron chi connectivity index (χ2n) is 3.85. The maximum absolute atomic E-state index is 11.7. The van der Waals surface area contributed by atoms with Crippen LogP contribution in [0.5, 0.6) is 0 Å². The van der Waals surface area contributed by atoms with Crippen LogP contribution in [0, 0.1) is 0 Å². The highest BCUT2D eigenvalue weighted by Gasteiger charge is 2.10. The number of esters is 1. The molecule has 0 spiro atoms. The normalized spacial score (nSPS) is 10.2. The van der Waals surface area contributed by atoms with E-state index < -0.39 is 0 Å². The molecule has 20 heavy (non-hydrogen) atoms. The number of hydrogen-bond acceptors (Lipinski definition) is 7. The molecule has 0 aliphatic rings. The van der Waals surface area contributed by atoms with Crippen molar-refractivity contribution in [3.63, 3.8) is 0 Å². The third-order valence-corrected chi connectivity index (χ3v) is 3.19. The van der Waals surface area contributed by atoms with Gasteiger partial charge < -0.3 is 10.1 Å². The first kappa shape index (κ1) is 14.1. The number of carbonyl (C=O) groups is 2. The van der Waals surface area contributed by atoms with E-state index in [0.29, 0.717) is 17.4 Å². The molecule has 2 aromatic rings. The van der Waals surface area contributed by atoms with Gasteiger partial charge in [-0.2, -0.15) is 5.10 Å². The summed E-state index contributed by atoms with van der Waals surface area (Å²) in [5, 5.41) is 8.75. The number of hydrogen-bond donors (Lipinski definition) is 1. The van der Waals surface area contributed by atoms with Gasteiger partial charge in [0.05, 0.1) is 25.8 Å². The Hall–Kier alpha value is -2.29. The third kappa shape index (κ3) is 4.12. The van der Waals surface area contributed by atoms with Gasteiger partial charge in [-0.05, 0) is 0 Å². The van der Waals surface area contributed by atoms with Crippen molar-refractivity contribution in [3.8, 4) is 0 Å². The van der Waals surface area contributed by atoms with Crippen LogP contribution in [-0.2, 0) is 27.3 Å². The van der Waals surface area contributed by atoms with Gasteiger partial charge in [0.15, 0.2) is 5.13 Å². The predicted molar refractivity (Wildman–Crippen MR) is 71.1 cm³/mol. The molecule has 0 saturated carbocycles. The van der Waals surface area contributed by atoms with E-state index in [-0.39, 0.29) is 24.7 Å². The Balaban J connectivity index is 1.80. The first-order valence-electron chi connectivity index (χ1n) is 5.81. The molecule has 0 bridgehead atoms. The third-order valence-electron chi connectivity index (χ3n) is 2.39. The van der Waals surface area contributed by atoms with Gasteiger partial charge >= 0.3 is 5.97 Å². The summed E-state index contributed by atoms with van der Waals surface area (Å²) in [6.45, 7) is 0.451. The van der Waals surface area contributed by atoms with E-state index in [1.165, 1.54) is 24.8 Å². The molecule has 0 atom stereocenters. The number of anilines is 1. The molecule has 0 radical (unpaired) electrons. The van der Waals surface area contributed by atoms with Crippen LogP contribution in [0.15, 0.2) is 18.0 Å². The Morgan fingerprint density at radius 1 is 1.50 bits per heavy atom. The van der Waals surface area contributed by atoms with Crippen LogP contribution in [0.25, 0.3) is 0 Å². The SMILES string of the molecule is COC(=O)Cc1csc(NC(=O)CCn2cncn2)n1. The van der Waals surface area contributed by atoms with E-state index in [1.807, 2.05) is 0 Å². The molecule has 9 heteroatoms. The Morgan fingerprint density at radius 2 is 2.35 bits per heavy atom. The smallest absolute Gasteiger partial charge is 0.311 e. The van der Waals surface area contributed by atoms with Crippen molar-refractivity contribution >= 4 is 28.3 Å². The second-order valence-corrected chi connectivity index (χ2v) is 4.71. The molecule has 2 aromatic heterocycles. The molecule has 0 aliphatic carbocycles. The largest absolute Gasteiger partial charge is 0.469 e. The van der Waals surface area contributed by atoms with Gasteiger partial charge in [-0.15, -0.1) is 11.3 Å². The lowest BCUT2D eigenvalue weighted by molar-refractivity contribution is -0.139. The fourth-order valence-corrected chi connectivity index (χ4v) is 2.14. The van der Waals surface area contributed by atoms with E-state index in [1.54, 1.807) is 16.4 Å². The highest BCUT2D eigenvalue weighted by Crippen LogP contribution is 2.16. The summed E-state index contributed by atoms with van der Waals surface area (Å²) in [6, 6.07) is 0. The van der Waals surface area contributed by atoms with Crippen LogP contribution in [0.1, 0.15) is 12.1 Å². The van der Waals surface area contributed by atoms with Gasteiger partial charge in [0.25, 0.3) is 0 Å². The number of thiazole rings is 1. The molecule has 0 aliphatic heterocycles. The fraction of sp³-hybridized carbons (Fsp3) is 0.364. The number of aryl methyl sites for hydroxylation is 1. The van der Waals surface area contributed by atoms with Gasteiger partial charge in [0.1, 0.15) is 12.7 Å². The van der Waals surface area contributed by atoms with E-state index in [4.69, 9.17) is 0 Å². The van der Waals surface area contributed by atoms with Gasteiger partial charge in [-0.3, -0.25) is 14.3 Å². The van der Waals surface area contributed by atoms with Crippen molar-refractivity contribution in [2.45, 2.75) is 19.4 Å². The standard InChI is InChI=1S/C11H13N5O3S/c1-19-10(18)4-8-5-20-11(14-8)15-9(17)2-3-16-7-12-6-13-16/h5-7H,2-4H2,1H3,(H,14,15,17). The Bertz CT molecular complexity index is 581. The maximum Gasteiger partial charge on any atom is 0.311 e. The van der Waals surface area contributed by atoms with Crippen molar-refractivity contribution in [3.05, 3.63) is 23.7 Å². The van der Waals surface area contributed by atoms with E-state index >= 15 is 0 Å². The van der Waals surface area contributed by atoms with Crippen molar-refractivity contribution in [2.75, 3.05) is 12.4 Å². The predicted octanol–water partition coefficient (Wildman–Crippen LogP) is 0.479. The van der Waals surface area contributed by atoms with Crippen LogP contribution < -0.4 is 5.32 Å². The number of rotatable bonds is 6. The fourth-order valence-electron chi connectivity index (χ4n) is 1.41. The van der Waals surface area contributed by atoms with Crippen LogP contribution in [-0.4, -0.2) is 38.7 Å². The number of nitrogens with one attached hydrogen (secondary N) is 1. The zero-order valence-corrected chi connectivity index (χ0v) is 11.6. The molecule has 2 rings (SSSR count). The summed E-state index contributed by atoms with van der Waals surface area (Å²) >= 11 is 1.27. The summed E-state index contributed by atoms with van der Waals surface area (Å²) < 4.78 is 6.12. The first-order valence-corrected chi connectivity index (χ1v) is 6.69. The molecular weight excluding hydrogens is 282 g/mol. The van der Waals surface area contributed by atoms with Gasteiger partial charge in [-0.1, -0.05) is 0 Å². The van der Waals surface area contributed by atoms with Crippen molar-refractivity contribution in [1.82, 2.24) is 19.7 Å². The molecule has 2 heterocycles. The molecular formula is C11H13N5O3S. The first-order chi connectivity index (χ1) is 9.67. The summed E-state index contributed by atoms with van der Waals surface area (Å²) in [4.78, 5) is 30.7. The number of ether oxygens (including phenoxy) is 1. The molecule has 0 unspecified atom stereocenters. The summed E-state index contributed by atoms with van der Waals surface area (Å²) in [7, 11) is 1.32. The number of aromatic nitrogens is 4. The lowest BCUT2D eigenvalue weighted by Gasteiger charge is -2.01. The minimum Gasteiger partial charge on any atom is -0.469 e. The Labute approximate surface area is 118 Å². The lowest BCUT2D eigenvalue weighted by atomic mass is 10.3. The highest BCUT2D eigenvalue weighted by molar-refractivity contribution is 7.13. The van der Waals surface area contributed by atoms with Crippen molar-refractivity contribution < 1.29 is 14.3 Å². The molecule has 106 valence electrons. The minimum absolute atomic E-state index is 0.0990. The molecule has 1 N–H and O–H groups in total. The molecule has 1 amide bonds.